The van der Waals surface area contributed by atoms with Gasteiger partial charge in [-0.2, -0.15) is 0 Å². The normalized spacial score (nSPS) is 10.4. The first-order valence-corrected chi connectivity index (χ1v) is 7.69. The number of carbonyl (C=O) groups excluding carboxylic acids is 2. The van der Waals surface area contributed by atoms with E-state index in [2.05, 4.69) is 25.5 Å². The molecule has 3 rings (SSSR count). The topological polar surface area (TPSA) is 114 Å². The molecule has 0 aliphatic carbocycles. The minimum atomic E-state index is -0.313. The van der Waals surface area contributed by atoms with E-state index in [0.29, 0.717) is 17.0 Å². The second kappa shape index (κ2) is 7.09. The summed E-state index contributed by atoms with van der Waals surface area (Å²) in [7, 11) is 3.40. The quantitative estimate of drug-likeness (QED) is 0.762. The zero-order chi connectivity index (χ0) is 18.7. The standard InChI is InChI=1S/C17H16N6O3/c1-10(24)19-17-22-21-15(26-17)14-9-18-8-13(20-14)11-4-6-12(7-5-11)16(25)23(2)3/h4-9H,1-3H3,(H,19,22,24). The van der Waals surface area contributed by atoms with Gasteiger partial charge in [-0.15, -0.1) is 5.10 Å². The lowest BCUT2D eigenvalue weighted by Crippen LogP contribution is -2.21. The number of nitrogens with one attached hydrogen (secondary N) is 1. The zero-order valence-electron chi connectivity index (χ0n) is 14.4. The number of benzene rings is 1. The molecule has 0 atom stereocenters. The average Bonchev–Trinajstić information content (AvgIpc) is 3.09. The first-order chi connectivity index (χ1) is 12.4. The Bertz CT molecular complexity index is 949. The summed E-state index contributed by atoms with van der Waals surface area (Å²) in [6, 6.07) is 7.04. The van der Waals surface area contributed by atoms with Crippen LogP contribution in [0.15, 0.2) is 41.1 Å². The summed E-state index contributed by atoms with van der Waals surface area (Å²) in [6.45, 7) is 1.34. The van der Waals surface area contributed by atoms with Crippen LogP contribution in [0.2, 0.25) is 0 Å². The molecule has 3 aromatic rings. The van der Waals surface area contributed by atoms with Crippen molar-refractivity contribution < 1.29 is 14.0 Å². The van der Waals surface area contributed by atoms with Crippen LogP contribution in [-0.2, 0) is 4.79 Å². The lowest BCUT2D eigenvalue weighted by molar-refractivity contribution is -0.114. The van der Waals surface area contributed by atoms with Crippen molar-refractivity contribution in [1.82, 2.24) is 25.1 Å². The molecular formula is C17H16N6O3. The molecule has 0 unspecified atom stereocenters. The van der Waals surface area contributed by atoms with Crippen LogP contribution in [0.5, 0.6) is 0 Å². The van der Waals surface area contributed by atoms with E-state index in [4.69, 9.17) is 4.42 Å². The Morgan fingerprint density at radius 3 is 2.38 bits per heavy atom. The molecule has 0 spiro atoms. The van der Waals surface area contributed by atoms with Crippen molar-refractivity contribution in [1.29, 1.82) is 0 Å². The molecule has 9 nitrogen and oxygen atoms in total. The Balaban J connectivity index is 1.86. The monoisotopic (exact) mass is 352 g/mol. The van der Waals surface area contributed by atoms with Crippen LogP contribution in [0, 0.1) is 0 Å². The Morgan fingerprint density at radius 1 is 1.04 bits per heavy atom. The van der Waals surface area contributed by atoms with Gasteiger partial charge in [-0.25, -0.2) is 4.98 Å². The number of carbonyl (C=O) groups is 2. The highest BCUT2D eigenvalue weighted by Gasteiger charge is 2.13. The summed E-state index contributed by atoms with van der Waals surface area (Å²) >= 11 is 0. The lowest BCUT2D eigenvalue weighted by atomic mass is 10.1. The van der Waals surface area contributed by atoms with Gasteiger partial charge >= 0.3 is 6.01 Å². The summed E-state index contributed by atoms with van der Waals surface area (Å²) in [5, 5.41) is 9.97. The van der Waals surface area contributed by atoms with Crippen LogP contribution < -0.4 is 5.32 Å². The minimum absolute atomic E-state index is 0.00810. The SMILES string of the molecule is CC(=O)Nc1nnc(-c2cncc(-c3ccc(C(=O)N(C)C)cc3)n2)o1. The maximum absolute atomic E-state index is 12.0. The number of nitrogens with zero attached hydrogens (tertiary/aromatic N) is 5. The number of amides is 2. The van der Waals surface area contributed by atoms with Gasteiger partial charge in [-0.05, 0) is 12.1 Å². The Labute approximate surface area is 149 Å². The molecule has 0 fully saturated rings. The third kappa shape index (κ3) is 3.72. The van der Waals surface area contributed by atoms with E-state index in [1.807, 2.05) is 0 Å². The highest BCUT2D eigenvalue weighted by atomic mass is 16.4. The third-order valence-electron chi connectivity index (χ3n) is 3.40. The van der Waals surface area contributed by atoms with Crippen molar-refractivity contribution in [2.24, 2.45) is 0 Å². The van der Waals surface area contributed by atoms with E-state index in [1.54, 1.807) is 44.6 Å². The van der Waals surface area contributed by atoms with Crippen molar-refractivity contribution >= 4 is 17.8 Å². The highest BCUT2D eigenvalue weighted by Crippen LogP contribution is 2.22. The fraction of sp³-hybridized carbons (Fsp3) is 0.176. The Morgan fingerprint density at radius 2 is 1.73 bits per heavy atom. The predicted molar refractivity (Wildman–Crippen MR) is 93.1 cm³/mol. The second-order valence-corrected chi connectivity index (χ2v) is 5.66. The van der Waals surface area contributed by atoms with Crippen molar-refractivity contribution in [3.05, 3.63) is 42.2 Å². The number of anilines is 1. The first kappa shape index (κ1) is 17.2. The molecule has 1 aromatic carbocycles. The van der Waals surface area contributed by atoms with Crippen LogP contribution >= 0.6 is 0 Å². The van der Waals surface area contributed by atoms with Crippen molar-refractivity contribution in [2.75, 3.05) is 19.4 Å². The maximum atomic E-state index is 12.0. The molecule has 0 saturated heterocycles. The van der Waals surface area contributed by atoms with E-state index in [9.17, 15) is 9.59 Å². The van der Waals surface area contributed by atoms with Gasteiger partial charge in [0, 0.05) is 32.1 Å². The minimum Gasteiger partial charge on any atom is -0.401 e. The molecule has 2 heterocycles. The molecule has 1 N–H and O–H groups in total. The van der Waals surface area contributed by atoms with Crippen LogP contribution in [0.4, 0.5) is 6.01 Å². The summed E-state index contributed by atoms with van der Waals surface area (Å²) in [5.41, 5.74) is 2.33. The molecular weight excluding hydrogens is 336 g/mol. The number of rotatable bonds is 4. The average molecular weight is 352 g/mol. The summed E-state index contributed by atoms with van der Waals surface area (Å²) in [5.74, 6) is -0.248. The lowest BCUT2D eigenvalue weighted by Gasteiger charge is -2.10. The molecule has 0 bridgehead atoms. The summed E-state index contributed by atoms with van der Waals surface area (Å²) < 4.78 is 5.34. The van der Waals surface area contributed by atoms with Crippen molar-refractivity contribution in [2.45, 2.75) is 6.92 Å². The Kier molecular flexibility index (Phi) is 4.70. The van der Waals surface area contributed by atoms with Crippen molar-refractivity contribution in [3.8, 4) is 22.8 Å². The van der Waals surface area contributed by atoms with E-state index >= 15 is 0 Å². The molecule has 0 saturated carbocycles. The van der Waals surface area contributed by atoms with Crippen LogP contribution in [0.25, 0.3) is 22.8 Å². The molecule has 2 aromatic heterocycles. The number of hydrogen-bond acceptors (Lipinski definition) is 7. The smallest absolute Gasteiger partial charge is 0.322 e. The van der Waals surface area contributed by atoms with Gasteiger partial charge in [0.05, 0.1) is 18.1 Å². The molecule has 9 heteroatoms. The fourth-order valence-corrected chi connectivity index (χ4v) is 2.18. The van der Waals surface area contributed by atoms with Gasteiger partial charge in [-0.1, -0.05) is 17.2 Å². The number of hydrogen-bond donors (Lipinski definition) is 1. The molecule has 0 radical (unpaired) electrons. The zero-order valence-corrected chi connectivity index (χ0v) is 14.4. The molecule has 2 amide bonds. The molecule has 0 aliphatic rings. The van der Waals surface area contributed by atoms with E-state index < -0.39 is 0 Å². The second-order valence-electron chi connectivity index (χ2n) is 5.66. The van der Waals surface area contributed by atoms with Crippen LogP contribution in [0.1, 0.15) is 17.3 Å². The van der Waals surface area contributed by atoms with E-state index in [-0.39, 0.29) is 23.7 Å². The number of aromatic nitrogens is 4. The van der Waals surface area contributed by atoms with Gasteiger partial charge in [0.25, 0.3) is 11.8 Å². The van der Waals surface area contributed by atoms with E-state index in [1.165, 1.54) is 18.0 Å². The van der Waals surface area contributed by atoms with Crippen LogP contribution in [0.3, 0.4) is 0 Å². The molecule has 26 heavy (non-hydrogen) atoms. The molecule has 132 valence electrons. The van der Waals surface area contributed by atoms with Crippen molar-refractivity contribution in [3.63, 3.8) is 0 Å². The Hall–Kier alpha value is -3.62. The van der Waals surface area contributed by atoms with Gasteiger partial charge < -0.3 is 9.32 Å². The maximum Gasteiger partial charge on any atom is 0.322 e. The van der Waals surface area contributed by atoms with Crippen LogP contribution in [-0.4, -0.2) is 51.0 Å². The van der Waals surface area contributed by atoms with Gasteiger partial charge in [0.2, 0.25) is 5.91 Å². The largest absolute Gasteiger partial charge is 0.401 e. The summed E-state index contributed by atoms with van der Waals surface area (Å²) in [6.07, 6.45) is 3.08. The highest BCUT2D eigenvalue weighted by molar-refractivity contribution is 5.94. The molecule has 0 aliphatic heterocycles. The van der Waals surface area contributed by atoms with Gasteiger partial charge in [0.1, 0.15) is 5.69 Å². The van der Waals surface area contributed by atoms with Gasteiger partial charge in [0.15, 0.2) is 0 Å². The van der Waals surface area contributed by atoms with E-state index in [0.717, 1.165) is 5.56 Å². The summed E-state index contributed by atoms with van der Waals surface area (Å²) in [4.78, 5) is 33.1. The predicted octanol–water partition coefficient (Wildman–Crippen LogP) is 1.85. The fourth-order valence-electron chi connectivity index (χ4n) is 2.18. The third-order valence-corrected chi connectivity index (χ3v) is 3.40. The first-order valence-electron chi connectivity index (χ1n) is 7.69. The van der Waals surface area contributed by atoms with Gasteiger partial charge in [-0.3, -0.25) is 19.9 Å².